The molecule has 0 atom stereocenters. The lowest BCUT2D eigenvalue weighted by molar-refractivity contribution is -0.106. The lowest BCUT2D eigenvalue weighted by Gasteiger charge is -2.20. The molecule has 2 heterocycles. The van der Waals surface area contributed by atoms with Crippen LogP contribution in [-0.4, -0.2) is 27.8 Å². The molecule has 0 aliphatic carbocycles. The van der Waals surface area contributed by atoms with Crippen molar-refractivity contribution < 1.29 is 4.79 Å². The fourth-order valence-electron chi connectivity index (χ4n) is 1.50. The van der Waals surface area contributed by atoms with Gasteiger partial charge >= 0.3 is 0 Å². The molecule has 0 aromatic carbocycles. The Morgan fingerprint density at radius 1 is 1.24 bits per heavy atom. The SMILES string of the molecule is O=CCN(Cc1cncnc1)c1ccccn1. The Balaban J connectivity index is 2.16. The van der Waals surface area contributed by atoms with Crippen LogP contribution >= 0.6 is 0 Å². The molecule has 0 spiro atoms. The van der Waals surface area contributed by atoms with Crippen LogP contribution in [0, 0.1) is 0 Å². The van der Waals surface area contributed by atoms with Crippen LogP contribution in [0.25, 0.3) is 0 Å². The van der Waals surface area contributed by atoms with E-state index < -0.39 is 0 Å². The van der Waals surface area contributed by atoms with Crippen LogP contribution in [0.15, 0.2) is 43.1 Å². The summed E-state index contributed by atoms with van der Waals surface area (Å²) in [7, 11) is 0. The van der Waals surface area contributed by atoms with Gasteiger partial charge in [0.05, 0.1) is 6.54 Å². The molecule has 0 aliphatic rings. The molecule has 2 rings (SSSR count). The average molecular weight is 228 g/mol. The zero-order valence-corrected chi connectivity index (χ0v) is 9.23. The summed E-state index contributed by atoms with van der Waals surface area (Å²) in [5.41, 5.74) is 0.944. The fraction of sp³-hybridized carbons (Fsp3) is 0.167. The molecule has 0 saturated heterocycles. The number of rotatable bonds is 5. The lowest BCUT2D eigenvalue weighted by atomic mass is 10.3. The summed E-state index contributed by atoms with van der Waals surface area (Å²) < 4.78 is 0. The van der Waals surface area contributed by atoms with E-state index in [9.17, 15) is 4.79 Å². The minimum Gasteiger partial charge on any atom is -0.345 e. The van der Waals surface area contributed by atoms with Crippen LogP contribution < -0.4 is 4.90 Å². The molecule has 17 heavy (non-hydrogen) atoms. The van der Waals surface area contributed by atoms with Crippen molar-refractivity contribution in [2.24, 2.45) is 0 Å². The maximum Gasteiger partial charge on any atom is 0.139 e. The fourth-order valence-corrected chi connectivity index (χ4v) is 1.50. The standard InChI is InChI=1S/C12H12N4O/c17-6-5-16(12-3-1-2-4-15-12)9-11-7-13-10-14-8-11/h1-4,6-8,10H,5,9H2. The molecule has 0 bridgehead atoms. The van der Waals surface area contributed by atoms with E-state index in [1.807, 2.05) is 23.1 Å². The van der Waals surface area contributed by atoms with Crippen LogP contribution in [0.1, 0.15) is 5.56 Å². The van der Waals surface area contributed by atoms with E-state index in [1.165, 1.54) is 6.33 Å². The number of pyridine rings is 1. The Kier molecular flexibility index (Phi) is 3.75. The van der Waals surface area contributed by atoms with Crippen LogP contribution in [0.2, 0.25) is 0 Å². The zero-order chi connectivity index (χ0) is 11.9. The molecule has 0 radical (unpaired) electrons. The topological polar surface area (TPSA) is 59.0 Å². The van der Waals surface area contributed by atoms with E-state index in [4.69, 9.17) is 0 Å². The molecule has 0 N–H and O–H groups in total. The zero-order valence-electron chi connectivity index (χ0n) is 9.23. The van der Waals surface area contributed by atoms with E-state index in [2.05, 4.69) is 15.0 Å². The number of nitrogens with zero attached hydrogens (tertiary/aromatic N) is 4. The number of carbonyl (C=O) groups is 1. The quantitative estimate of drug-likeness (QED) is 0.716. The smallest absolute Gasteiger partial charge is 0.139 e. The second-order valence-electron chi connectivity index (χ2n) is 3.48. The highest BCUT2D eigenvalue weighted by molar-refractivity contribution is 5.59. The van der Waals surface area contributed by atoms with Crippen molar-refractivity contribution in [2.75, 3.05) is 11.4 Å². The van der Waals surface area contributed by atoms with Gasteiger partial charge in [0.25, 0.3) is 0 Å². The second-order valence-corrected chi connectivity index (χ2v) is 3.48. The minimum absolute atomic E-state index is 0.298. The van der Waals surface area contributed by atoms with Crippen molar-refractivity contribution in [3.05, 3.63) is 48.7 Å². The van der Waals surface area contributed by atoms with Gasteiger partial charge in [0.15, 0.2) is 0 Å². The van der Waals surface area contributed by atoms with Crippen molar-refractivity contribution in [3.8, 4) is 0 Å². The van der Waals surface area contributed by atoms with Gasteiger partial charge in [-0.25, -0.2) is 15.0 Å². The molecular weight excluding hydrogens is 216 g/mol. The van der Waals surface area contributed by atoms with Crippen molar-refractivity contribution in [3.63, 3.8) is 0 Å². The predicted octanol–water partition coefficient (Wildman–Crippen LogP) is 1.08. The van der Waals surface area contributed by atoms with Gasteiger partial charge in [0, 0.05) is 30.7 Å². The Bertz CT molecular complexity index is 460. The average Bonchev–Trinajstić information content (AvgIpc) is 2.40. The van der Waals surface area contributed by atoms with Crippen molar-refractivity contribution in [1.29, 1.82) is 0 Å². The van der Waals surface area contributed by atoms with E-state index >= 15 is 0 Å². The number of carbonyl (C=O) groups excluding carboxylic acids is 1. The van der Waals surface area contributed by atoms with E-state index in [0.717, 1.165) is 17.7 Å². The maximum absolute atomic E-state index is 10.7. The van der Waals surface area contributed by atoms with Crippen LogP contribution in [-0.2, 0) is 11.3 Å². The summed E-state index contributed by atoms with van der Waals surface area (Å²) in [5, 5.41) is 0. The molecule has 0 unspecified atom stereocenters. The van der Waals surface area contributed by atoms with Crippen LogP contribution in [0.5, 0.6) is 0 Å². The third-order valence-corrected chi connectivity index (χ3v) is 2.26. The van der Waals surface area contributed by atoms with Crippen LogP contribution in [0.4, 0.5) is 5.82 Å². The third-order valence-electron chi connectivity index (χ3n) is 2.26. The van der Waals surface area contributed by atoms with E-state index in [-0.39, 0.29) is 0 Å². The number of hydrogen-bond donors (Lipinski definition) is 0. The third kappa shape index (κ3) is 3.07. The van der Waals surface area contributed by atoms with Crippen molar-refractivity contribution in [1.82, 2.24) is 15.0 Å². The van der Waals surface area contributed by atoms with E-state index in [1.54, 1.807) is 18.6 Å². The predicted molar refractivity (Wildman–Crippen MR) is 63.4 cm³/mol. The Labute approximate surface area is 99.2 Å². The van der Waals surface area contributed by atoms with Crippen LogP contribution in [0.3, 0.4) is 0 Å². The summed E-state index contributed by atoms with van der Waals surface area (Å²) >= 11 is 0. The van der Waals surface area contributed by atoms with Gasteiger partial charge in [-0.1, -0.05) is 6.07 Å². The molecule has 2 aromatic heterocycles. The number of anilines is 1. The molecule has 0 amide bonds. The Morgan fingerprint density at radius 2 is 2.06 bits per heavy atom. The Morgan fingerprint density at radius 3 is 2.71 bits per heavy atom. The molecule has 2 aromatic rings. The highest BCUT2D eigenvalue weighted by Crippen LogP contribution is 2.11. The van der Waals surface area contributed by atoms with Gasteiger partial charge in [0.2, 0.25) is 0 Å². The van der Waals surface area contributed by atoms with Gasteiger partial charge in [0.1, 0.15) is 18.4 Å². The molecule has 5 heteroatoms. The summed E-state index contributed by atoms with van der Waals surface area (Å²) in [6.45, 7) is 0.864. The summed E-state index contributed by atoms with van der Waals surface area (Å²) in [4.78, 5) is 24.7. The number of aldehydes is 1. The molecule has 0 saturated carbocycles. The molecule has 0 fully saturated rings. The molecule has 0 aliphatic heterocycles. The lowest BCUT2D eigenvalue weighted by Crippen LogP contribution is -2.25. The molecular formula is C12H12N4O. The second kappa shape index (κ2) is 5.69. The summed E-state index contributed by atoms with van der Waals surface area (Å²) in [5.74, 6) is 0.767. The normalized spacial score (nSPS) is 9.88. The monoisotopic (exact) mass is 228 g/mol. The van der Waals surface area contributed by atoms with Crippen molar-refractivity contribution >= 4 is 12.1 Å². The first-order valence-corrected chi connectivity index (χ1v) is 5.23. The Hall–Kier alpha value is -2.30. The van der Waals surface area contributed by atoms with Gasteiger partial charge in [-0.05, 0) is 12.1 Å². The van der Waals surface area contributed by atoms with Gasteiger partial charge in [-0.3, -0.25) is 0 Å². The van der Waals surface area contributed by atoms with Gasteiger partial charge in [-0.2, -0.15) is 0 Å². The highest BCUT2D eigenvalue weighted by Gasteiger charge is 2.07. The largest absolute Gasteiger partial charge is 0.345 e. The molecule has 5 nitrogen and oxygen atoms in total. The van der Waals surface area contributed by atoms with Gasteiger partial charge in [-0.15, -0.1) is 0 Å². The number of hydrogen-bond acceptors (Lipinski definition) is 5. The first kappa shape index (κ1) is 11.2. The number of aromatic nitrogens is 3. The highest BCUT2D eigenvalue weighted by atomic mass is 16.1. The maximum atomic E-state index is 10.7. The summed E-state index contributed by atoms with van der Waals surface area (Å²) in [6, 6.07) is 5.60. The van der Waals surface area contributed by atoms with E-state index in [0.29, 0.717) is 13.1 Å². The van der Waals surface area contributed by atoms with Crippen molar-refractivity contribution in [2.45, 2.75) is 6.54 Å². The molecule has 86 valence electrons. The first-order valence-electron chi connectivity index (χ1n) is 5.23. The minimum atomic E-state index is 0.298. The first-order chi connectivity index (χ1) is 8.40. The summed E-state index contributed by atoms with van der Waals surface area (Å²) in [6.07, 6.45) is 7.50. The van der Waals surface area contributed by atoms with Gasteiger partial charge < -0.3 is 9.69 Å².